The summed E-state index contributed by atoms with van der Waals surface area (Å²) in [5.41, 5.74) is 2.62. The minimum Gasteiger partial charge on any atom is -0.347 e. The molecule has 228 valence electrons. The van der Waals surface area contributed by atoms with Crippen molar-refractivity contribution in [3.63, 3.8) is 0 Å². The lowest BCUT2D eigenvalue weighted by molar-refractivity contribution is -0.185. The van der Waals surface area contributed by atoms with Gasteiger partial charge in [-0.05, 0) is 32.7 Å². The number of likely N-dealkylation sites (tertiary alicyclic amines) is 1. The van der Waals surface area contributed by atoms with Crippen molar-refractivity contribution in [2.75, 3.05) is 52.6 Å². The first-order valence-corrected chi connectivity index (χ1v) is 16.2. The van der Waals surface area contributed by atoms with Crippen LogP contribution in [0.2, 0.25) is 0 Å². The maximum Gasteiger partial charge on any atom is 0.170 e. The summed E-state index contributed by atoms with van der Waals surface area (Å²) < 4.78 is 22.6. The molecule has 4 aliphatic heterocycles. The van der Waals surface area contributed by atoms with Crippen LogP contribution in [0.25, 0.3) is 21.5 Å². The first-order valence-electron chi connectivity index (χ1n) is 15.7. The molecule has 4 aromatic carbocycles. The van der Waals surface area contributed by atoms with Gasteiger partial charge >= 0.3 is 0 Å². The van der Waals surface area contributed by atoms with Gasteiger partial charge in [0, 0.05) is 64.3 Å². The van der Waals surface area contributed by atoms with Crippen LogP contribution in [0.1, 0.15) is 36.8 Å². The van der Waals surface area contributed by atoms with Crippen LogP contribution < -0.4 is 5.32 Å². The fraction of sp³-hybridized carbons (Fsp3) is 0.444. The van der Waals surface area contributed by atoms with Crippen molar-refractivity contribution in [1.29, 1.82) is 0 Å². The van der Waals surface area contributed by atoms with E-state index in [-0.39, 0.29) is 11.6 Å². The topological polar surface area (TPSA) is 52.2 Å². The lowest BCUT2D eigenvalue weighted by Gasteiger charge is -2.37. The highest BCUT2D eigenvalue weighted by molar-refractivity contribution is 6.18. The van der Waals surface area contributed by atoms with Gasteiger partial charge in [0.25, 0.3) is 0 Å². The molecule has 0 unspecified atom stereocenters. The third-order valence-electron chi connectivity index (χ3n) is 8.91. The standard InChI is InChI=1S/C18H21NO2.C11H9Cl.C7H13NO2/c1-2-7-17-15(4-1)5-3-6-16(17)14-19-10-8-18(9-11-19)20-12-13-21-18;12-8-10-6-3-5-9-4-1-2-7-11(9)10;1-3-8-4-2-7(1)9-5-6-10-7/h1-7H,8-14H2;1-7H,8H2;8H,1-6H2. The Morgan fingerprint density at radius 2 is 1.05 bits per heavy atom. The molecule has 7 heteroatoms. The lowest BCUT2D eigenvalue weighted by Crippen LogP contribution is -2.44. The molecule has 0 aromatic heterocycles. The fourth-order valence-electron chi connectivity index (χ4n) is 6.51. The van der Waals surface area contributed by atoms with E-state index in [4.69, 9.17) is 30.5 Å². The summed E-state index contributed by atoms with van der Waals surface area (Å²) in [5.74, 6) is 0.127. The molecule has 4 saturated heterocycles. The largest absolute Gasteiger partial charge is 0.347 e. The van der Waals surface area contributed by atoms with Crippen LogP contribution in [0.3, 0.4) is 0 Å². The zero-order chi connectivity index (χ0) is 29.4. The molecule has 0 amide bonds. The molecule has 43 heavy (non-hydrogen) atoms. The predicted molar refractivity (Wildman–Crippen MR) is 173 cm³/mol. The number of nitrogens with zero attached hydrogens (tertiary/aromatic N) is 1. The van der Waals surface area contributed by atoms with Crippen molar-refractivity contribution in [2.45, 2.75) is 49.7 Å². The third-order valence-corrected chi connectivity index (χ3v) is 9.20. The molecule has 4 aromatic rings. The van der Waals surface area contributed by atoms with Crippen LogP contribution in [0, 0.1) is 0 Å². The Morgan fingerprint density at radius 1 is 0.581 bits per heavy atom. The van der Waals surface area contributed by atoms with Crippen LogP contribution in [-0.2, 0) is 31.4 Å². The van der Waals surface area contributed by atoms with E-state index in [9.17, 15) is 0 Å². The van der Waals surface area contributed by atoms with Gasteiger partial charge in [-0.25, -0.2) is 0 Å². The zero-order valence-corrected chi connectivity index (χ0v) is 25.7. The second kappa shape index (κ2) is 14.5. The highest BCUT2D eigenvalue weighted by atomic mass is 35.5. The van der Waals surface area contributed by atoms with Gasteiger partial charge in [0.05, 0.1) is 26.4 Å². The van der Waals surface area contributed by atoms with Crippen LogP contribution in [-0.4, -0.2) is 69.1 Å². The van der Waals surface area contributed by atoms with Gasteiger partial charge < -0.3 is 24.3 Å². The van der Waals surface area contributed by atoms with Crippen molar-refractivity contribution < 1.29 is 18.9 Å². The van der Waals surface area contributed by atoms with E-state index >= 15 is 0 Å². The molecule has 0 radical (unpaired) electrons. The number of fused-ring (bicyclic) bond motifs is 2. The van der Waals surface area contributed by atoms with Gasteiger partial charge in [0.15, 0.2) is 11.6 Å². The van der Waals surface area contributed by atoms with Crippen molar-refractivity contribution in [3.05, 3.63) is 96.1 Å². The summed E-state index contributed by atoms with van der Waals surface area (Å²) in [6, 6.07) is 29.7. The molecule has 0 saturated carbocycles. The Labute approximate surface area is 260 Å². The van der Waals surface area contributed by atoms with Crippen LogP contribution in [0.15, 0.2) is 84.9 Å². The van der Waals surface area contributed by atoms with Crippen LogP contribution in [0.4, 0.5) is 0 Å². The average molecular weight is 603 g/mol. The van der Waals surface area contributed by atoms with Crippen molar-refractivity contribution in [2.24, 2.45) is 0 Å². The van der Waals surface area contributed by atoms with E-state index in [1.54, 1.807) is 0 Å². The SMILES string of the molecule is C1CC2(CCN1)OCCO2.ClCc1cccc2ccccc12.c1ccc2c(CN3CCC4(CC3)OCCO4)cccc2c1. The Balaban J connectivity index is 0.000000126. The maximum atomic E-state index is 5.81. The number of hydrogen-bond acceptors (Lipinski definition) is 6. The molecular formula is C36H43ClN2O4. The van der Waals surface area contributed by atoms with Gasteiger partial charge in [-0.1, -0.05) is 84.9 Å². The van der Waals surface area contributed by atoms with E-state index < -0.39 is 0 Å². The van der Waals surface area contributed by atoms with Gasteiger partial charge in [-0.3, -0.25) is 4.90 Å². The number of hydrogen-bond donors (Lipinski definition) is 1. The van der Waals surface area contributed by atoms with Crippen molar-refractivity contribution in [3.8, 4) is 0 Å². The second-order valence-electron chi connectivity index (χ2n) is 11.7. The smallest absolute Gasteiger partial charge is 0.170 e. The number of nitrogens with one attached hydrogen (secondary N) is 1. The molecular weight excluding hydrogens is 560 g/mol. The molecule has 0 aliphatic carbocycles. The van der Waals surface area contributed by atoms with E-state index in [0.29, 0.717) is 5.88 Å². The van der Waals surface area contributed by atoms with E-state index in [0.717, 1.165) is 84.8 Å². The molecule has 1 N–H and O–H groups in total. The van der Waals surface area contributed by atoms with Gasteiger partial charge in [0.2, 0.25) is 0 Å². The van der Waals surface area contributed by atoms with E-state index in [1.807, 2.05) is 18.2 Å². The van der Waals surface area contributed by atoms with Crippen LogP contribution in [0.5, 0.6) is 0 Å². The van der Waals surface area contributed by atoms with Crippen molar-refractivity contribution in [1.82, 2.24) is 10.2 Å². The minimum atomic E-state index is -0.269. The first-order chi connectivity index (χ1) is 21.2. The molecule has 4 aliphatic rings. The molecule has 8 rings (SSSR count). The Hall–Kier alpha value is -2.55. The third kappa shape index (κ3) is 7.58. The molecule has 4 fully saturated rings. The average Bonchev–Trinajstić information content (AvgIpc) is 3.73. The summed E-state index contributed by atoms with van der Waals surface area (Å²) in [6.45, 7) is 8.22. The van der Waals surface area contributed by atoms with Gasteiger partial charge in [0.1, 0.15) is 0 Å². The Bertz CT molecular complexity index is 1440. The summed E-state index contributed by atoms with van der Waals surface area (Å²) in [4.78, 5) is 2.51. The van der Waals surface area contributed by atoms with Gasteiger partial charge in [-0.15, -0.1) is 11.6 Å². The summed E-state index contributed by atoms with van der Waals surface area (Å²) in [6.07, 6.45) is 3.98. The van der Waals surface area contributed by atoms with E-state index in [2.05, 4.69) is 76.9 Å². The number of benzene rings is 4. The number of piperidine rings is 2. The zero-order valence-electron chi connectivity index (χ0n) is 24.9. The second-order valence-corrected chi connectivity index (χ2v) is 11.9. The Morgan fingerprint density at radius 3 is 1.60 bits per heavy atom. The molecule has 0 bridgehead atoms. The summed E-state index contributed by atoms with van der Waals surface area (Å²) in [5, 5.41) is 8.49. The number of ether oxygens (including phenoxy) is 4. The predicted octanol–water partition coefficient (Wildman–Crippen LogP) is 6.87. The Kier molecular flexibility index (Phi) is 10.3. The highest BCUT2D eigenvalue weighted by Gasteiger charge is 2.40. The molecule has 4 heterocycles. The molecule has 0 atom stereocenters. The van der Waals surface area contributed by atoms with E-state index in [1.165, 1.54) is 32.7 Å². The maximum absolute atomic E-state index is 5.81. The summed E-state index contributed by atoms with van der Waals surface area (Å²) in [7, 11) is 0. The molecule has 6 nitrogen and oxygen atoms in total. The summed E-state index contributed by atoms with van der Waals surface area (Å²) >= 11 is 5.81. The van der Waals surface area contributed by atoms with Crippen molar-refractivity contribution >= 4 is 33.1 Å². The quantitative estimate of drug-likeness (QED) is 0.258. The first kappa shape index (κ1) is 30.5. The monoisotopic (exact) mass is 602 g/mol. The fourth-order valence-corrected chi connectivity index (χ4v) is 6.74. The number of halogens is 1. The normalized spacial score (nSPS) is 21.0. The van der Waals surface area contributed by atoms with Crippen LogP contribution >= 0.6 is 11.6 Å². The number of rotatable bonds is 3. The molecule has 2 spiro atoms. The van der Waals surface area contributed by atoms with Gasteiger partial charge in [-0.2, -0.15) is 0 Å². The highest BCUT2D eigenvalue weighted by Crippen LogP contribution is 2.32. The minimum absolute atomic E-state index is 0.189. The number of alkyl halides is 1. The lowest BCUT2D eigenvalue weighted by atomic mass is 10.0.